The third kappa shape index (κ3) is 3.02. The van der Waals surface area contributed by atoms with Gasteiger partial charge in [-0.2, -0.15) is 0 Å². The van der Waals surface area contributed by atoms with E-state index in [1.54, 1.807) is 6.92 Å². The molecule has 0 atom stereocenters. The second-order valence-corrected chi connectivity index (χ2v) is 5.19. The zero-order valence-electron chi connectivity index (χ0n) is 12.3. The second-order valence-electron chi connectivity index (χ2n) is 5.19. The number of esters is 1. The third-order valence-corrected chi connectivity index (χ3v) is 3.38. The van der Waals surface area contributed by atoms with Crippen LogP contribution < -0.4 is 5.56 Å². The van der Waals surface area contributed by atoms with Gasteiger partial charge in [0.05, 0.1) is 6.61 Å². The van der Waals surface area contributed by atoms with Crippen molar-refractivity contribution in [1.82, 2.24) is 9.97 Å². The van der Waals surface area contributed by atoms with Gasteiger partial charge in [-0.05, 0) is 26.3 Å². The van der Waals surface area contributed by atoms with Gasteiger partial charge < -0.3 is 9.72 Å². The zero-order chi connectivity index (χ0) is 15.5. The van der Waals surface area contributed by atoms with Gasteiger partial charge in [-0.1, -0.05) is 30.3 Å². The molecule has 2 rings (SSSR count). The van der Waals surface area contributed by atoms with Crippen LogP contribution >= 0.6 is 0 Å². The smallest absolute Gasteiger partial charge is 0.345 e. The first-order valence-electron chi connectivity index (χ1n) is 6.79. The van der Waals surface area contributed by atoms with Crippen LogP contribution in [0.2, 0.25) is 0 Å². The van der Waals surface area contributed by atoms with Crippen LogP contribution in [0.25, 0.3) is 0 Å². The molecule has 1 aromatic carbocycles. The highest BCUT2D eigenvalue weighted by Gasteiger charge is 2.26. The highest BCUT2D eigenvalue weighted by molar-refractivity contribution is 5.88. The lowest BCUT2D eigenvalue weighted by Crippen LogP contribution is -2.29. The summed E-state index contributed by atoms with van der Waals surface area (Å²) >= 11 is 0. The number of hydrogen-bond acceptors (Lipinski definition) is 4. The first-order valence-corrected chi connectivity index (χ1v) is 6.79. The van der Waals surface area contributed by atoms with Crippen molar-refractivity contribution in [2.75, 3.05) is 6.61 Å². The summed E-state index contributed by atoms with van der Waals surface area (Å²) in [4.78, 5) is 30.6. The fourth-order valence-corrected chi connectivity index (χ4v) is 2.06. The van der Waals surface area contributed by atoms with E-state index in [1.165, 1.54) is 6.20 Å². The number of aromatic amines is 1. The lowest BCUT2D eigenvalue weighted by Gasteiger charge is -2.24. The maximum absolute atomic E-state index is 12.0. The summed E-state index contributed by atoms with van der Waals surface area (Å²) in [5.74, 6) is -0.151. The number of rotatable bonds is 4. The standard InChI is InChI=1S/C16H18N2O3/c1-4-21-14(20)12-10-17-15(18-13(12)19)16(2,3)11-8-6-5-7-9-11/h5-10H,4H2,1-3H3,(H,17,18,19). The van der Waals surface area contributed by atoms with Gasteiger partial charge in [0.2, 0.25) is 0 Å². The molecule has 0 aliphatic rings. The number of carbonyl (C=O) groups excluding carboxylic acids is 1. The molecular formula is C16H18N2O3. The van der Waals surface area contributed by atoms with E-state index < -0.39 is 16.9 Å². The van der Waals surface area contributed by atoms with Crippen LogP contribution in [0.1, 0.15) is 42.5 Å². The molecule has 0 bridgehead atoms. The molecule has 0 amide bonds. The van der Waals surface area contributed by atoms with E-state index in [-0.39, 0.29) is 12.2 Å². The highest BCUT2D eigenvalue weighted by Crippen LogP contribution is 2.27. The number of nitrogens with one attached hydrogen (secondary N) is 1. The Kier molecular flexibility index (Phi) is 4.21. The minimum Gasteiger partial charge on any atom is -0.462 e. The SMILES string of the molecule is CCOC(=O)c1cnc(C(C)(C)c2ccccc2)[nH]c1=O. The maximum atomic E-state index is 12.0. The number of carbonyl (C=O) groups is 1. The van der Waals surface area contributed by atoms with E-state index in [0.717, 1.165) is 5.56 Å². The number of nitrogens with zero attached hydrogens (tertiary/aromatic N) is 1. The van der Waals surface area contributed by atoms with Crippen LogP contribution in [0.3, 0.4) is 0 Å². The summed E-state index contributed by atoms with van der Waals surface area (Å²) in [5.41, 5.74) is -0.00268. The predicted octanol–water partition coefficient (Wildman–Crippen LogP) is 2.27. The summed E-state index contributed by atoms with van der Waals surface area (Å²) < 4.78 is 4.82. The zero-order valence-corrected chi connectivity index (χ0v) is 12.3. The van der Waals surface area contributed by atoms with Crippen molar-refractivity contribution < 1.29 is 9.53 Å². The molecule has 1 heterocycles. The molecule has 1 N–H and O–H groups in total. The molecule has 1 aromatic heterocycles. The van der Waals surface area contributed by atoms with Gasteiger partial charge in [0.15, 0.2) is 0 Å². The monoisotopic (exact) mass is 286 g/mol. The molecule has 0 fully saturated rings. The number of ether oxygens (including phenoxy) is 1. The average Bonchev–Trinajstić information content (AvgIpc) is 2.48. The Hall–Kier alpha value is -2.43. The van der Waals surface area contributed by atoms with Crippen molar-refractivity contribution in [3.63, 3.8) is 0 Å². The third-order valence-electron chi connectivity index (χ3n) is 3.38. The minimum absolute atomic E-state index is 0.0792. The van der Waals surface area contributed by atoms with Crippen LogP contribution in [0.4, 0.5) is 0 Å². The van der Waals surface area contributed by atoms with Gasteiger partial charge in [-0.3, -0.25) is 4.79 Å². The van der Waals surface area contributed by atoms with Crippen molar-refractivity contribution in [3.8, 4) is 0 Å². The van der Waals surface area contributed by atoms with Crippen molar-refractivity contribution in [3.05, 3.63) is 63.8 Å². The number of hydrogen-bond donors (Lipinski definition) is 1. The van der Waals surface area contributed by atoms with Crippen molar-refractivity contribution in [2.45, 2.75) is 26.2 Å². The molecule has 110 valence electrons. The van der Waals surface area contributed by atoms with E-state index in [0.29, 0.717) is 5.82 Å². The van der Waals surface area contributed by atoms with Gasteiger partial charge in [-0.15, -0.1) is 0 Å². The molecule has 2 aromatic rings. The Bertz CT molecular complexity index is 690. The molecular weight excluding hydrogens is 268 g/mol. The fraction of sp³-hybridized carbons (Fsp3) is 0.312. The van der Waals surface area contributed by atoms with E-state index >= 15 is 0 Å². The summed E-state index contributed by atoms with van der Waals surface area (Å²) in [7, 11) is 0. The summed E-state index contributed by atoms with van der Waals surface area (Å²) in [6.07, 6.45) is 1.27. The van der Waals surface area contributed by atoms with Crippen LogP contribution in [0, 0.1) is 0 Å². The van der Waals surface area contributed by atoms with Gasteiger partial charge in [0, 0.05) is 11.6 Å². The maximum Gasteiger partial charge on any atom is 0.345 e. The van der Waals surface area contributed by atoms with E-state index in [2.05, 4.69) is 9.97 Å². The highest BCUT2D eigenvalue weighted by atomic mass is 16.5. The van der Waals surface area contributed by atoms with E-state index in [1.807, 2.05) is 44.2 Å². The molecule has 0 spiro atoms. The Morgan fingerprint density at radius 2 is 1.95 bits per heavy atom. The topological polar surface area (TPSA) is 72.0 Å². The molecule has 21 heavy (non-hydrogen) atoms. The number of aromatic nitrogens is 2. The van der Waals surface area contributed by atoms with Crippen LogP contribution in [-0.2, 0) is 10.2 Å². The van der Waals surface area contributed by atoms with E-state index in [9.17, 15) is 9.59 Å². The first-order chi connectivity index (χ1) is 9.96. The molecule has 0 aliphatic carbocycles. The fourth-order valence-electron chi connectivity index (χ4n) is 2.06. The largest absolute Gasteiger partial charge is 0.462 e. The molecule has 0 unspecified atom stereocenters. The molecule has 0 saturated heterocycles. The van der Waals surface area contributed by atoms with Crippen LogP contribution in [0.15, 0.2) is 41.3 Å². The Morgan fingerprint density at radius 1 is 1.29 bits per heavy atom. The van der Waals surface area contributed by atoms with Gasteiger partial charge in [0.1, 0.15) is 11.4 Å². The Labute approximate surface area is 123 Å². The van der Waals surface area contributed by atoms with Crippen molar-refractivity contribution in [2.24, 2.45) is 0 Å². The lowest BCUT2D eigenvalue weighted by atomic mass is 9.84. The normalized spacial score (nSPS) is 11.2. The number of benzene rings is 1. The van der Waals surface area contributed by atoms with Crippen molar-refractivity contribution >= 4 is 5.97 Å². The lowest BCUT2D eigenvalue weighted by molar-refractivity contribution is 0.0523. The quantitative estimate of drug-likeness (QED) is 0.875. The Morgan fingerprint density at radius 3 is 2.52 bits per heavy atom. The predicted molar refractivity (Wildman–Crippen MR) is 79.4 cm³/mol. The minimum atomic E-state index is -0.657. The molecule has 5 nitrogen and oxygen atoms in total. The first kappa shape index (κ1) is 15.0. The average molecular weight is 286 g/mol. The summed E-state index contributed by atoms with van der Waals surface area (Å²) in [5, 5.41) is 0. The van der Waals surface area contributed by atoms with Gasteiger partial charge in [0.25, 0.3) is 5.56 Å². The van der Waals surface area contributed by atoms with Crippen LogP contribution in [-0.4, -0.2) is 22.5 Å². The summed E-state index contributed by atoms with van der Waals surface area (Å²) in [6, 6.07) is 9.74. The molecule has 0 aliphatic heterocycles. The second kappa shape index (κ2) is 5.91. The van der Waals surface area contributed by atoms with Crippen molar-refractivity contribution in [1.29, 1.82) is 0 Å². The molecule has 0 radical (unpaired) electrons. The van der Waals surface area contributed by atoms with Gasteiger partial charge >= 0.3 is 5.97 Å². The summed E-state index contributed by atoms with van der Waals surface area (Å²) in [6.45, 7) is 5.83. The van der Waals surface area contributed by atoms with E-state index in [4.69, 9.17) is 4.74 Å². The van der Waals surface area contributed by atoms with Crippen LogP contribution in [0.5, 0.6) is 0 Å². The Balaban J connectivity index is 2.41. The number of H-pyrrole nitrogens is 1. The molecule has 0 saturated carbocycles. The molecule has 5 heteroatoms. The van der Waals surface area contributed by atoms with Gasteiger partial charge in [-0.25, -0.2) is 9.78 Å².